The van der Waals surface area contributed by atoms with Gasteiger partial charge in [-0.3, -0.25) is 0 Å². The number of anilines is 1. The number of amides is 1. The summed E-state index contributed by atoms with van der Waals surface area (Å²) in [6, 6.07) is 8.57. The largest absolute Gasteiger partial charge is 0.464 e. The highest BCUT2D eigenvalue weighted by Gasteiger charge is 2.33. The summed E-state index contributed by atoms with van der Waals surface area (Å²) >= 11 is 0. The number of benzene rings is 1. The van der Waals surface area contributed by atoms with Gasteiger partial charge < -0.3 is 9.47 Å². The SMILES string of the molecule is CCOC(=O)[C@H](C)N(C(=O)OC(C)(C)C)c1cc(C)c2ccccc2n1. The molecule has 0 spiro atoms. The van der Waals surface area contributed by atoms with E-state index < -0.39 is 23.7 Å². The average Bonchev–Trinajstić information content (AvgIpc) is 2.53. The van der Waals surface area contributed by atoms with Crippen molar-refractivity contribution in [1.82, 2.24) is 4.98 Å². The topological polar surface area (TPSA) is 68.7 Å². The van der Waals surface area contributed by atoms with Crippen molar-refractivity contribution in [2.24, 2.45) is 0 Å². The lowest BCUT2D eigenvalue weighted by molar-refractivity contribution is -0.144. The highest BCUT2D eigenvalue weighted by molar-refractivity contribution is 5.96. The standard InChI is InChI=1S/C20H26N2O4/c1-7-25-18(23)14(3)22(19(24)26-20(4,5)6)17-12-13(2)15-10-8-9-11-16(15)21-17/h8-12,14H,7H2,1-6H3/t14-/m0/s1. The Hall–Kier alpha value is -2.63. The predicted molar refractivity (Wildman–Crippen MR) is 101 cm³/mol. The molecule has 1 amide bonds. The van der Waals surface area contributed by atoms with Crippen LogP contribution in [0.3, 0.4) is 0 Å². The average molecular weight is 358 g/mol. The van der Waals surface area contributed by atoms with Crippen LogP contribution in [-0.2, 0) is 14.3 Å². The van der Waals surface area contributed by atoms with E-state index in [4.69, 9.17) is 9.47 Å². The van der Waals surface area contributed by atoms with E-state index in [0.717, 1.165) is 16.5 Å². The number of carbonyl (C=O) groups excluding carboxylic acids is 2. The molecule has 140 valence electrons. The summed E-state index contributed by atoms with van der Waals surface area (Å²) in [6.07, 6.45) is -0.639. The summed E-state index contributed by atoms with van der Waals surface area (Å²) in [7, 11) is 0. The van der Waals surface area contributed by atoms with Crippen LogP contribution in [0.15, 0.2) is 30.3 Å². The van der Waals surface area contributed by atoms with Gasteiger partial charge in [0.25, 0.3) is 0 Å². The smallest absolute Gasteiger partial charge is 0.416 e. The maximum atomic E-state index is 12.8. The first-order valence-corrected chi connectivity index (χ1v) is 8.69. The van der Waals surface area contributed by atoms with Gasteiger partial charge >= 0.3 is 12.1 Å². The van der Waals surface area contributed by atoms with Crippen LogP contribution in [0.1, 0.15) is 40.2 Å². The Bertz CT molecular complexity index is 811. The first-order chi connectivity index (χ1) is 12.1. The Kier molecular flexibility index (Phi) is 5.85. The Morgan fingerprint density at radius 1 is 1.23 bits per heavy atom. The normalized spacial score (nSPS) is 12.5. The molecule has 6 nitrogen and oxygen atoms in total. The van der Waals surface area contributed by atoms with Crippen LogP contribution in [0.5, 0.6) is 0 Å². The van der Waals surface area contributed by atoms with Gasteiger partial charge in [0, 0.05) is 5.39 Å². The van der Waals surface area contributed by atoms with Gasteiger partial charge in [-0.25, -0.2) is 19.5 Å². The Morgan fingerprint density at radius 3 is 2.50 bits per heavy atom. The molecule has 1 aromatic carbocycles. The number of nitrogens with zero attached hydrogens (tertiary/aromatic N) is 2. The summed E-state index contributed by atoms with van der Waals surface area (Å²) in [5, 5.41) is 0.990. The van der Waals surface area contributed by atoms with Gasteiger partial charge in [-0.05, 0) is 59.2 Å². The van der Waals surface area contributed by atoms with Crippen LogP contribution in [0.2, 0.25) is 0 Å². The lowest BCUT2D eigenvalue weighted by Gasteiger charge is -2.30. The van der Waals surface area contributed by atoms with Crippen molar-refractivity contribution < 1.29 is 19.1 Å². The van der Waals surface area contributed by atoms with Gasteiger partial charge in [-0.1, -0.05) is 18.2 Å². The van der Waals surface area contributed by atoms with Crippen molar-refractivity contribution in [3.8, 4) is 0 Å². The number of pyridine rings is 1. The summed E-state index contributed by atoms with van der Waals surface area (Å²) in [5.74, 6) is -0.151. The number of fused-ring (bicyclic) bond motifs is 1. The number of rotatable bonds is 4. The van der Waals surface area contributed by atoms with E-state index in [1.54, 1.807) is 40.7 Å². The molecule has 0 radical (unpaired) electrons. The van der Waals surface area contributed by atoms with Crippen LogP contribution in [0.25, 0.3) is 10.9 Å². The molecule has 0 saturated carbocycles. The second kappa shape index (κ2) is 7.72. The molecule has 26 heavy (non-hydrogen) atoms. The first kappa shape index (κ1) is 19.7. The Balaban J connectivity index is 2.52. The monoisotopic (exact) mass is 358 g/mol. The number of aryl methyl sites for hydroxylation is 1. The predicted octanol–water partition coefficient (Wildman–Crippen LogP) is 4.24. The first-order valence-electron chi connectivity index (χ1n) is 8.69. The third-order valence-electron chi connectivity index (χ3n) is 3.76. The zero-order valence-corrected chi connectivity index (χ0v) is 16.2. The summed E-state index contributed by atoms with van der Waals surface area (Å²) in [5.41, 5.74) is 0.998. The van der Waals surface area contributed by atoms with Crippen LogP contribution in [0.4, 0.5) is 10.6 Å². The molecule has 0 saturated heterocycles. The van der Waals surface area contributed by atoms with Crippen LogP contribution >= 0.6 is 0 Å². The van der Waals surface area contributed by atoms with Gasteiger partial charge in [-0.2, -0.15) is 0 Å². The fraction of sp³-hybridized carbons (Fsp3) is 0.450. The highest BCUT2D eigenvalue weighted by Crippen LogP contribution is 2.25. The molecule has 2 rings (SSSR count). The number of aromatic nitrogens is 1. The zero-order chi connectivity index (χ0) is 19.5. The number of hydrogen-bond acceptors (Lipinski definition) is 5. The molecule has 0 aliphatic carbocycles. The maximum Gasteiger partial charge on any atom is 0.416 e. The van der Waals surface area contributed by atoms with Crippen LogP contribution < -0.4 is 4.90 Å². The van der Waals surface area contributed by atoms with E-state index in [1.807, 2.05) is 31.2 Å². The molecule has 0 N–H and O–H groups in total. The van der Waals surface area contributed by atoms with E-state index in [9.17, 15) is 9.59 Å². The van der Waals surface area contributed by atoms with Gasteiger partial charge in [0.05, 0.1) is 12.1 Å². The van der Waals surface area contributed by atoms with Crippen molar-refractivity contribution in [1.29, 1.82) is 0 Å². The fourth-order valence-corrected chi connectivity index (χ4v) is 2.58. The molecule has 1 heterocycles. The van der Waals surface area contributed by atoms with Crippen molar-refractivity contribution in [2.75, 3.05) is 11.5 Å². The Labute approximate surface area is 154 Å². The van der Waals surface area contributed by atoms with Crippen LogP contribution in [0, 0.1) is 6.92 Å². The highest BCUT2D eigenvalue weighted by atomic mass is 16.6. The minimum atomic E-state index is -0.863. The molecule has 1 atom stereocenters. The van der Waals surface area contributed by atoms with E-state index in [-0.39, 0.29) is 6.61 Å². The fourth-order valence-electron chi connectivity index (χ4n) is 2.58. The molecular formula is C20H26N2O4. The van der Waals surface area contributed by atoms with Crippen molar-refractivity contribution in [3.63, 3.8) is 0 Å². The van der Waals surface area contributed by atoms with E-state index >= 15 is 0 Å². The lowest BCUT2D eigenvalue weighted by Crippen LogP contribution is -2.47. The quantitative estimate of drug-likeness (QED) is 0.765. The second-order valence-electron chi connectivity index (χ2n) is 7.09. The molecule has 0 aliphatic heterocycles. The molecule has 0 fully saturated rings. The molecule has 2 aromatic rings. The van der Waals surface area contributed by atoms with E-state index in [2.05, 4.69) is 4.98 Å². The van der Waals surface area contributed by atoms with Gasteiger partial charge in [0.15, 0.2) is 0 Å². The molecule has 6 heteroatoms. The Morgan fingerprint density at radius 2 is 1.88 bits per heavy atom. The van der Waals surface area contributed by atoms with Gasteiger partial charge in [0.2, 0.25) is 0 Å². The van der Waals surface area contributed by atoms with Gasteiger partial charge in [-0.15, -0.1) is 0 Å². The molecule has 0 aliphatic rings. The van der Waals surface area contributed by atoms with Crippen molar-refractivity contribution in [3.05, 3.63) is 35.9 Å². The summed E-state index contributed by atoms with van der Waals surface area (Å²) < 4.78 is 10.6. The van der Waals surface area contributed by atoms with Crippen LogP contribution in [-0.4, -0.2) is 35.3 Å². The molecular weight excluding hydrogens is 332 g/mol. The molecule has 1 aromatic heterocycles. The van der Waals surface area contributed by atoms with Crippen molar-refractivity contribution in [2.45, 2.75) is 53.2 Å². The number of ether oxygens (including phenoxy) is 2. The maximum absolute atomic E-state index is 12.8. The van der Waals surface area contributed by atoms with Gasteiger partial charge in [0.1, 0.15) is 17.5 Å². The minimum absolute atomic E-state index is 0.232. The second-order valence-corrected chi connectivity index (χ2v) is 7.09. The number of esters is 1. The lowest BCUT2D eigenvalue weighted by atomic mass is 10.1. The zero-order valence-electron chi connectivity index (χ0n) is 16.2. The molecule has 0 unspecified atom stereocenters. The third kappa shape index (κ3) is 4.50. The van der Waals surface area contributed by atoms with E-state index in [0.29, 0.717) is 5.82 Å². The number of para-hydroxylation sites is 1. The third-order valence-corrected chi connectivity index (χ3v) is 3.76. The number of hydrogen-bond donors (Lipinski definition) is 0. The molecule has 0 bridgehead atoms. The summed E-state index contributed by atoms with van der Waals surface area (Å²) in [6.45, 7) is 10.8. The minimum Gasteiger partial charge on any atom is -0.464 e. The van der Waals surface area contributed by atoms with Crippen molar-refractivity contribution >= 4 is 28.8 Å². The summed E-state index contributed by atoms with van der Waals surface area (Å²) in [4.78, 5) is 30.9. The number of carbonyl (C=O) groups is 2. The van der Waals surface area contributed by atoms with E-state index in [1.165, 1.54) is 4.90 Å².